The lowest BCUT2D eigenvalue weighted by atomic mass is 10.1. The van der Waals surface area contributed by atoms with Crippen molar-refractivity contribution in [1.29, 1.82) is 0 Å². The molecule has 1 unspecified atom stereocenters. The number of nitrogens with zero attached hydrogens (tertiary/aromatic N) is 4. The fraction of sp³-hybridized carbons (Fsp3) is 0.143. The van der Waals surface area contributed by atoms with Gasteiger partial charge in [-0.1, -0.05) is 41.7 Å². The molecule has 0 bridgehead atoms. The van der Waals surface area contributed by atoms with E-state index in [2.05, 4.69) is 20.6 Å². The number of anilines is 1. The zero-order valence-corrected chi connectivity index (χ0v) is 13.0. The number of nitrogens with two attached hydrogens (primary N) is 1. The molecule has 0 radical (unpaired) electrons. The monoisotopic (exact) mass is 350 g/mol. The van der Waals surface area contributed by atoms with Crippen LogP contribution < -0.4 is 11.1 Å². The van der Waals surface area contributed by atoms with Crippen LogP contribution in [0.5, 0.6) is 0 Å². The van der Waals surface area contributed by atoms with Crippen LogP contribution in [0, 0.1) is 0 Å². The van der Waals surface area contributed by atoms with Crippen LogP contribution in [-0.2, 0) is 0 Å². The summed E-state index contributed by atoms with van der Waals surface area (Å²) in [5.41, 5.74) is 6.25. The number of carbonyl (C=O) groups is 1. The lowest BCUT2D eigenvalue weighted by molar-refractivity contribution is 0.0559. The van der Waals surface area contributed by atoms with Gasteiger partial charge >= 0.3 is 6.55 Å². The van der Waals surface area contributed by atoms with E-state index in [0.717, 1.165) is 23.1 Å². The molecule has 3 aromatic rings. The van der Waals surface area contributed by atoms with Crippen LogP contribution in [-0.4, -0.2) is 25.9 Å². The summed E-state index contributed by atoms with van der Waals surface area (Å²) in [4.78, 5) is 12.3. The second kappa shape index (κ2) is 6.71. The number of carbonyl (C=O) groups excluding carboxylic acids is 1. The first kappa shape index (κ1) is 16.0. The summed E-state index contributed by atoms with van der Waals surface area (Å²) in [5, 5.41) is 14.7. The third-order valence-corrected chi connectivity index (χ3v) is 3.97. The Morgan fingerprint density at radius 3 is 2.54 bits per heavy atom. The average molecular weight is 350 g/mol. The van der Waals surface area contributed by atoms with Crippen LogP contribution in [0.3, 0.4) is 0 Å². The Morgan fingerprint density at radius 2 is 1.96 bits per heavy atom. The molecule has 0 aliphatic carbocycles. The number of halogens is 2. The Kier molecular flexibility index (Phi) is 4.47. The van der Waals surface area contributed by atoms with Crippen LogP contribution in [0.25, 0.3) is 0 Å². The number of benzene rings is 1. The molecule has 10 heteroatoms. The lowest BCUT2D eigenvalue weighted by Crippen LogP contribution is -2.29. The highest BCUT2D eigenvalue weighted by molar-refractivity contribution is 7.15. The molecule has 3 rings (SSSR count). The number of amides is 1. The summed E-state index contributed by atoms with van der Waals surface area (Å²) in [6, 6.07) is 9.68. The second-order valence-corrected chi connectivity index (χ2v) is 5.80. The van der Waals surface area contributed by atoms with E-state index >= 15 is 0 Å². The van der Waals surface area contributed by atoms with Gasteiger partial charge in [-0.15, -0.1) is 10.2 Å². The number of hydrogen-bond acceptors (Lipinski definition) is 6. The molecule has 1 atom stereocenters. The summed E-state index contributed by atoms with van der Waals surface area (Å²) in [6.45, 7) is -2.81. The zero-order chi connectivity index (χ0) is 17.1. The van der Waals surface area contributed by atoms with Crippen LogP contribution in [0.15, 0.2) is 42.6 Å². The van der Waals surface area contributed by atoms with Gasteiger partial charge in [-0.05, 0) is 11.6 Å². The molecule has 0 saturated heterocycles. The quantitative estimate of drug-likeness (QED) is 0.735. The molecule has 3 N–H and O–H groups in total. The van der Waals surface area contributed by atoms with Gasteiger partial charge in [0.1, 0.15) is 16.7 Å². The first-order valence-electron chi connectivity index (χ1n) is 6.82. The fourth-order valence-corrected chi connectivity index (χ4v) is 2.76. The topological polar surface area (TPSA) is 98.7 Å². The third kappa shape index (κ3) is 3.38. The minimum absolute atomic E-state index is 0.117. The van der Waals surface area contributed by atoms with E-state index in [0.29, 0.717) is 9.69 Å². The summed E-state index contributed by atoms with van der Waals surface area (Å²) >= 11 is 1.13. The maximum absolute atomic E-state index is 12.6. The van der Waals surface area contributed by atoms with Gasteiger partial charge in [-0.2, -0.15) is 13.9 Å². The number of rotatable bonds is 5. The number of alkyl halides is 2. The SMILES string of the molecule is Nc1nnc(C(NC(=O)c2ccn(C(F)F)n2)c2ccccc2)s1. The zero-order valence-electron chi connectivity index (χ0n) is 12.1. The number of hydrogen-bond donors (Lipinski definition) is 2. The maximum atomic E-state index is 12.6. The van der Waals surface area contributed by atoms with Crippen molar-refractivity contribution in [2.75, 3.05) is 5.73 Å². The van der Waals surface area contributed by atoms with Crippen molar-refractivity contribution in [2.24, 2.45) is 0 Å². The van der Waals surface area contributed by atoms with E-state index < -0.39 is 18.5 Å². The first-order chi connectivity index (χ1) is 11.5. The highest BCUT2D eigenvalue weighted by Gasteiger charge is 2.23. The van der Waals surface area contributed by atoms with E-state index in [9.17, 15) is 13.6 Å². The summed E-state index contributed by atoms with van der Waals surface area (Å²) < 4.78 is 25.6. The molecular weight excluding hydrogens is 338 g/mol. The molecule has 0 aliphatic rings. The van der Waals surface area contributed by atoms with E-state index in [4.69, 9.17) is 5.73 Å². The van der Waals surface area contributed by atoms with Crippen molar-refractivity contribution in [2.45, 2.75) is 12.6 Å². The molecule has 7 nitrogen and oxygen atoms in total. The Balaban J connectivity index is 1.87. The van der Waals surface area contributed by atoms with Crippen molar-refractivity contribution in [1.82, 2.24) is 25.3 Å². The van der Waals surface area contributed by atoms with Gasteiger partial charge in [0, 0.05) is 6.20 Å². The molecule has 1 amide bonds. The van der Waals surface area contributed by atoms with Gasteiger partial charge in [-0.3, -0.25) is 4.79 Å². The average Bonchev–Trinajstić information content (AvgIpc) is 3.22. The van der Waals surface area contributed by atoms with Crippen LogP contribution in [0.1, 0.15) is 33.7 Å². The Bertz CT molecular complexity index is 835. The molecule has 0 spiro atoms. The van der Waals surface area contributed by atoms with Crippen molar-refractivity contribution < 1.29 is 13.6 Å². The summed E-state index contributed by atoms with van der Waals surface area (Å²) in [6.07, 6.45) is 1.04. The molecule has 2 heterocycles. The lowest BCUT2D eigenvalue weighted by Gasteiger charge is -2.15. The van der Waals surface area contributed by atoms with Crippen LogP contribution in [0.4, 0.5) is 13.9 Å². The summed E-state index contributed by atoms with van der Waals surface area (Å²) in [5.74, 6) is -0.600. The van der Waals surface area contributed by atoms with Gasteiger partial charge in [0.15, 0.2) is 0 Å². The van der Waals surface area contributed by atoms with Crippen LogP contribution >= 0.6 is 11.3 Å². The predicted octanol–water partition coefficient (Wildman–Crippen LogP) is 2.23. The van der Waals surface area contributed by atoms with Gasteiger partial charge in [0.05, 0.1) is 0 Å². The minimum atomic E-state index is -2.81. The maximum Gasteiger partial charge on any atom is 0.333 e. The predicted molar refractivity (Wildman–Crippen MR) is 83.6 cm³/mol. The molecule has 0 saturated carbocycles. The molecule has 124 valence electrons. The number of nitrogen functional groups attached to an aromatic ring is 1. The molecule has 0 aliphatic heterocycles. The minimum Gasteiger partial charge on any atom is -0.374 e. The Hall–Kier alpha value is -2.88. The second-order valence-electron chi connectivity index (χ2n) is 4.75. The molecule has 24 heavy (non-hydrogen) atoms. The Morgan fingerprint density at radius 1 is 1.21 bits per heavy atom. The van der Waals surface area contributed by atoms with Crippen molar-refractivity contribution in [3.05, 3.63) is 58.9 Å². The van der Waals surface area contributed by atoms with Gasteiger partial charge in [0.2, 0.25) is 5.13 Å². The van der Waals surface area contributed by atoms with Crippen LogP contribution in [0.2, 0.25) is 0 Å². The van der Waals surface area contributed by atoms with Gasteiger partial charge in [-0.25, -0.2) is 4.68 Å². The largest absolute Gasteiger partial charge is 0.374 e. The van der Waals surface area contributed by atoms with E-state index in [1.807, 2.05) is 18.2 Å². The van der Waals surface area contributed by atoms with Crippen molar-refractivity contribution >= 4 is 22.4 Å². The van der Waals surface area contributed by atoms with Crippen molar-refractivity contribution in [3.63, 3.8) is 0 Å². The van der Waals surface area contributed by atoms with Crippen molar-refractivity contribution in [3.8, 4) is 0 Å². The highest BCUT2D eigenvalue weighted by Crippen LogP contribution is 2.26. The fourth-order valence-electron chi connectivity index (χ4n) is 2.07. The standard InChI is InChI=1S/C14H12F2N6OS/c15-13(16)22-7-6-9(21-22)11(23)18-10(8-4-2-1-3-5-8)12-19-20-14(17)24-12/h1-7,10,13H,(H2,17,20)(H,18,23). The third-order valence-electron chi connectivity index (χ3n) is 3.15. The van der Waals surface area contributed by atoms with E-state index in [-0.39, 0.29) is 10.8 Å². The molecule has 1 aromatic carbocycles. The molecule has 2 aromatic heterocycles. The number of nitrogens with one attached hydrogen (secondary N) is 1. The highest BCUT2D eigenvalue weighted by atomic mass is 32.1. The number of aromatic nitrogens is 4. The first-order valence-corrected chi connectivity index (χ1v) is 7.64. The van der Waals surface area contributed by atoms with Gasteiger partial charge < -0.3 is 11.1 Å². The van der Waals surface area contributed by atoms with E-state index in [1.54, 1.807) is 12.1 Å². The van der Waals surface area contributed by atoms with E-state index in [1.165, 1.54) is 6.07 Å². The summed E-state index contributed by atoms with van der Waals surface area (Å²) in [7, 11) is 0. The van der Waals surface area contributed by atoms with Gasteiger partial charge in [0.25, 0.3) is 5.91 Å². The molecule has 0 fully saturated rings. The Labute approximate surface area is 139 Å². The smallest absolute Gasteiger partial charge is 0.333 e. The normalized spacial score (nSPS) is 12.3. The molecular formula is C14H12F2N6OS.